The number of hydrogen-bond acceptors (Lipinski definition) is 5. The topological polar surface area (TPSA) is 85.7 Å². The van der Waals surface area contributed by atoms with Gasteiger partial charge in [-0.1, -0.05) is 0 Å². The second-order valence-corrected chi connectivity index (χ2v) is 3.14. The van der Waals surface area contributed by atoms with Crippen molar-refractivity contribution in [2.45, 2.75) is 6.92 Å². The SMILES string of the molecule is CCOC(=O)c1n[nH]nc1-c1cnn(C)c1. The van der Waals surface area contributed by atoms with E-state index < -0.39 is 5.97 Å². The van der Waals surface area contributed by atoms with Crippen LogP contribution in [0.5, 0.6) is 0 Å². The largest absolute Gasteiger partial charge is 0.461 e. The van der Waals surface area contributed by atoms with Gasteiger partial charge in [-0.05, 0) is 6.92 Å². The summed E-state index contributed by atoms with van der Waals surface area (Å²) >= 11 is 0. The zero-order valence-electron chi connectivity index (χ0n) is 8.97. The van der Waals surface area contributed by atoms with Crippen LogP contribution in [-0.2, 0) is 11.8 Å². The number of H-pyrrole nitrogens is 1. The molecule has 84 valence electrons. The molecular weight excluding hydrogens is 210 g/mol. The van der Waals surface area contributed by atoms with Crippen LogP contribution in [0.4, 0.5) is 0 Å². The maximum absolute atomic E-state index is 11.5. The summed E-state index contributed by atoms with van der Waals surface area (Å²) in [6, 6.07) is 0. The van der Waals surface area contributed by atoms with Crippen molar-refractivity contribution in [3.05, 3.63) is 18.1 Å². The molecule has 0 saturated carbocycles. The molecule has 1 N–H and O–H groups in total. The molecule has 7 heteroatoms. The average molecular weight is 221 g/mol. The lowest BCUT2D eigenvalue weighted by Crippen LogP contribution is -2.06. The van der Waals surface area contributed by atoms with Gasteiger partial charge in [-0.15, -0.1) is 5.10 Å². The molecule has 0 spiro atoms. The molecule has 0 saturated heterocycles. The molecular formula is C9H11N5O2. The van der Waals surface area contributed by atoms with Gasteiger partial charge in [0.05, 0.1) is 12.8 Å². The van der Waals surface area contributed by atoms with Crippen molar-refractivity contribution in [3.63, 3.8) is 0 Å². The minimum atomic E-state index is -0.491. The van der Waals surface area contributed by atoms with E-state index in [-0.39, 0.29) is 5.69 Å². The molecule has 0 aliphatic carbocycles. The molecule has 0 fully saturated rings. The van der Waals surface area contributed by atoms with Gasteiger partial charge in [0.2, 0.25) is 0 Å². The molecule has 0 radical (unpaired) electrons. The maximum atomic E-state index is 11.5. The van der Waals surface area contributed by atoms with E-state index in [0.29, 0.717) is 12.3 Å². The lowest BCUT2D eigenvalue weighted by atomic mass is 10.2. The number of nitrogens with zero attached hydrogens (tertiary/aromatic N) is 4. The Morgan fingerprint density at radius 2 is 2.38 bits per heavy atom. The highest BCUT2D eigenvalue weighted by Gasteiger charge is 2.19. The molecule has 0 aliphatic rings. The number of aromatic nitrogens is 5. The predicted molar refractivity (Wildman–Crippen MR) is 54.5 cm³/mol. The third-order valence-electron chi connectivity index (χ3n) is 2.00. The third kappa shape index (κ3) is 1.79. The fourth-order valence-electron chi connectivity index (χ4n) is 1.32. The molecule has 2 aromatic rings. The van der Waals surface area contributed by atoms with Crippen LogP contribution in [0.2, 0.25) is 0 Å². The van der Waals surface area contributed by atoms with E-state index in [2.05, 4.69) is 20.5 Å². The standard InChI is InChI=1S/C9H11N5O2/c1-3-16-9(15)8-7(11-13-12-8)6-4-10-14(2)5-6/h4-5H,3H2,1-2H3,(H,11,12,13). The van der Waals surface area contributed by atoms with Gasteiger partial charge in [-0.3, -0.25) is 4.68 Å². The Kier molecular flexibility index (Phi) is 2.67. The van der Waals surface area contributed by atoms with Crippen molar-refractivity contribution < 1.29 is 9.53 Å². The quantitative estimate of drug-likeness (QED) is 0.757. The molecule has 2 aromatic heterocycles. The summed E-state index contributed by atoms with van der Waals surface area (Å²) in [6.45, 7) is 2.04. The van der Waals surface area contributed by atoms with Gasteiger partial charge in [0, 0.05) is 18.8 Å². The smallest absolute Gasteiger partial charge is 0.361 e. The van der Waals surface area contributed by atoms with Crippen LogP contribution in [0, 0.1) is 0 Å². The fourth-order valence-corrected chi connectivity index (χ4v) is 1.32. The van der Waals surface area contributed by atoms with Gasteiger partial charge < -0.3 is 4.74 Å². The first-order valence-electron chi connectivity index (χ1n) is 4.79. The summed E-state index contributed by atoms with van der Waals surface area (Å²) < 4.78 is 6.49. The molecule has 2 rings (SSSR count). The van der Waals surface area contributed by atoms with E-state index in [1.807, 2.05) is 0 Å². The van der Waals surface area contributed by atoms with Gasteiger partial charge in [-0.25, -0.2) is 4.79 Å². The second-order valence-electron chi connectivity index (χ2n) is 3.14. The third-order valence-corrected chi connectivity index (χ3v) is 2.00. The first-order valence-corrected chi connectivity index (χ1v) is 4.79. The monoisotopic (exact) mass is 221 g/mol. The Hall–Kier alpha value is -2.18. The Labute approximate surface area is 91.4 Å². The molecule has 0 aromatic carbocycles. The summed E-state index contributed by atoms with van der Waals surface area (Å²) in [4.78, 5) is 11.5. The van der Waals surface area contributed by atoms with E-state index in [1.54, 1.807) is 31.0 Å². The molecule has 0 aliphatic heterocycles. The van der Waals surface area contributed by atoms with Crippen molar-refractivity contribution in [3.8, 4) is 11.3 Å². The number of nitrogens with one attached hydrogen (secondary N) is 1. The van der Waals surface area contributed by atoms with Crippen molar-refractivity contribution >= 4 is 5.97 Å². The van der Waals surface area contributed by atoms with Gasteiger partial charge in [0.25, 0.3) is 0 Å². The lowest BCUT2D eigenvalue weighted by molar-refractivity contribution is 0.0520. The van der Waals surface area contributed by atoms with Crippen LogP contribution in [0.15, 0.2) is 12.4 Å². The van der Waals surface area contributed by atoms with Gasteiger partial charge >= 0.3 is 5.97 Å². The Balaban J connectivity index is 2.36. The molecule has 0 bridgehead atoms. The van der Waals surface area contributed by atoms with Crippen molar-refractivity contribution in [2.75, 3.05) is 6.61 Å². The number of aryl methyl sites for hydroxylation is 1. The van der Waals surface area contributed by atoms with E-state index in [4.69, 9.17) is 4.74 Å². The molecule has 16 heavy (non-hydrogen) atoms. The predicted octanol–water partition coefficient (Wildman–Crippen LogP) is 0.382. The summed E-state index contributed by atoms with van der Waals surface area (Å²) in [5.74, 6) is -0.491. The van der Waals surface area contributed by atoms with E-state index in [1.165, 1.54) is 0 Å². The van der Waals surface area contributed by atoms with E-state index in [9.17, 15) is 4.79 Å². The summed E-state index contributed by atoms with van der Waals surface area (Å²) in [5.41, 5.74) is 1.35. The number of ether oxygens (including phenoxy) is 1. The number of esters is 1. The lowest BCUT2D eigenvalue weighted by Gasteiger charge is -1.98. The second kappa shape index (κ2) is 4.13. The average Bonchev–Trinajstić information content (AvgIpc) is 2.85. The number of carbonyl (C=O) groups excluding carboxylic acids is 1. The molecule has 0 atom stereocenters. The van der Waals surface area contributed by atoms with Crippen LogP contribution < -0.4 is 0 Å². The highest BCUT2D eigenvalue weighted by Crippen LogP contribution is 2.18. The van der Waals surface area contributed by atoms with Gasteiger partial charge in [0.1, 0.15) is 5.69 Å². The number of rotatable bonds is 3. The van der Waals surface area contributed by atoms with Gasteiger partial charge in [-0.2, -0.15) is 15.4 Å². The molecule has 2 heterocycles. The molecule has 0 unspecified atom stereocenters. The van der Waals surface area contributed by atoms with Crippen LogP contribution in [0.1, 0.15) is 17.4 Å². The number of carbonyl (C=O) groups is 1. The van der Waals surface area contributed by atoms with Crippen molar-refractivity contribution in [1.82, 2.24) is 25.2 Å². The minimum absolute atomic E-state index is 0.176. The van der Waals surface area contributed by atoms with Gasteiger partial charge in [0.15, 0.2) is 5.69 Å². The Bertz CT molecular complexity index is 501. The number of aromatic amines is 1. The van der Waals surface area contributed by atoms with Crippen LogP contribution >= 0.6 is 0 Å². The maximum Gasteiger partial charge on any atom is 0.361 e. The van der Waals surface area contributed by atoms with E-state index in [0.717, 1.165) is 5.56 Å². The summed E-state index contributed by atoms with van der Waals surface area (Å²) in [7, 11) is 1.79. The molecule has 7 nitrogen and oxygen atoms in total. The summed E-state index contributed by atoms with van der Waals surface area (Å²) in [5, 5.41) is 14.1. The zero-order chi connectivity index (χ0) is 11.5. The normalized spacial score (nSPS) is 10.4. The van der Waals surface area contributed by atoms with Crippen LogP contribution in [0.25, 0.3) is 11.3 Å². The van der Waals surface area contributed by atoms with Crippen molar-refractivity contribution in [2.24, 2.45) is 7.05 Å². The van der Waals surface area contributed by atoms with Crippen LogP contribution in [0.3, 0.4) is 0 Å². The highest BCUT2D eigenvalue weighted by atomic mass is 16.5. The Morgan fingerprint density at radius 3 is 3.00 bits per heavy atom. The first-order chi connectivity index (χ1) is 7.72. The highest BCUT2D eigenvalue weighted by molar-refractivity contribution is 5.93. The first kappa shape index (κ1) is 10.3. The number of hydrogen-bond donors (Lipinski definition) is 1. The van der Waals surface area contributed by atoms with E-state index >= 15 is 0 Å². The molecule has 0 amide bonds. The van der Waals surface area contributed by atoms with Crippen LogP contribution in [-0.4, -0.2) is 37.8 Å². The minimum Gasteiger partial charge on any atom is -0.461 e. The Morgan fingerprint density at radius 1 is 1.56 bits per heavy atom. The fraction of sp³-hybridized carbons (Fsp3) is 0.333. The zero-order valence-corrected chi connectivity index (χ0v) is 8.97. The summed E-state index contributed by atoms with van der Waals surface area (Å²) in [6.07, 6.45) is 3.36. The van der Waals surface area contributed by atoms with Crippen molar-refractivity contribution in [1.29, 1.82) is 0 Å².